The first-order valence-corrected chi connectivity index (χ1v) is 6.73. The Kier molecular flexibility index (Phi) is 6.00. The van der Waals surface area contributed by atoms with Gasteiger partial charge in [0.2, 0.25) is 5.91 Å². The van der Waals surface area contributed by atoms with Crippen LogP contribution in [-0.2, 0) is 4.79 Å². The lowest BCUT2D eigenvalue weighted by Gasteiger charge is -2.25. The highest BCUT2D eigenvalue weighted by Gasteiger charge is 2.20. The summed E-state index contributed by atoms with van der Waals surface area (Å²) in [6.45, 7) is 4.15. The number of anilines is 2. The number of amides is 1. The smallest absolute Gasteiger partial charge is 0.241 e. The number of benzene rings is 1. The van der Waals surface area contributed by atoms with Crippen molar-refractivity contribution in [3.05, 3.63) is 18.2 Å². The molecule has 6 nitrogen and oxygen atoms in total. The summed E-state index contributed by atoms with van der Waals surface area (Å²) in [6, 6.07) is 6.86. The Morgan fingerprint density at radius 3 is 2.76 bits per heavy atom. The van der Waals surface area contributed by atoms with Gasteiger partial charge in [0, 0.05) is 18.3 Å². The molecule has 0 aliphatic carbocycles. The second-order valence-electron chi connectivity index (χ2n) is 5.09. The van der Waals surface area contributed by atoms with E-state index >= 15 is 0 Å². The average molecular weight is 290 g/mol. The molecule has 0 fully saturated rings. The molecule has 0 radical (unpaired) electrons. The summed E-state index contributed by atoms with van der Waals surface area (Å²) in [5, 5.41) is 11.6. The van der Waals surface area contributed by atoms with Gasteiger partial charge in [0.25, 0.3) is 0 Å². The van der Waals surface area contributed by atoms with Crippen molar-refractivity contribution in [3.8, 4) is 11.8 Å². The molecule has 6 heteroatoms. The molecule has 3 N–H and O–H groups in total. The van der Waals surface area contributed by atoms with Crippen molar-refractivity contribution in [3.63, 3.8) is 0 Å². The molecule has 2 atom stereocenters. The molecule has 0 saturated carbocycles. The van der Waals surface area contributed by atoms with Gasteiger partial charge in [-0.1, -0.05) is 0 Å². The van der Waals surface area contributed by atoms with E-state index in [1.807, 2.05) is 18.9 Å². The molecule has 1 amide bonds. The predicted molar refractivity (Wildman–Crippen MR) is 82.9 cm³/mol. The van der Waals surface area contributed by atoms with Crippen LogP contribution in [-0.4, -0.2) is 37.6 Å². The number of methoxy groups -OCH3 is 1. The van der Waals surface area contributed by atoms with Gasteiger partial charge in [-0.3, -0.25) is 9.69 Å². The lowest BCUT2D eigenvalue weighted by molar-refractivity contribution is -0.120. The summed E-state index contributed by atoms with van der Waals surface area (Å²) in [7, 11) is 3.34. The van der Waals surface area contributed by atoms with E-state index < -0.39 is 0 Å². The van der Waals surface area contributed by atoms with Crippen molar-refractivity contribution in [2.75, 3.05) is 31.8 Å². The van der Waals surface area contributed by atoms with Gasteiger partial charge in [-0.25, -0.2) is 0 Å². The lowest BCUT2D eigenvalue weighted by Crippen LogP contribution is -2.41. The molecule has 0 saturated heterocycles. The van der Waals surface area contributed by atoms with Gasteiger partial charge < -0.3 is 15.8 Å². The van der Waals surface area contributed by atoms with E-state index in [-0.39, 0.29) is 17.9 Å². The second kappa shape index (κ2) is 7.50. The number of nitrogens with one attached hydrogen (secondary N) is 1. The predicted octanol–water partition coefficient (Wildman–Crippen LogP) is 1.70. The highest BCUT2D eigenvalue weighted by atomic mass is 16.5. The summed E-state index contributed by atoms with van der Waals surface area (Å²) in [5.74, 6) is 0.227. The fourth-order valence-electron chi connectivity index (χ4n) is 1.88. The molecule has 1 aromatic rings. The van der Waals surface area contributed by atoms with Gasteiger partial charge in [-0.2, -0.15) is 5.26 Å². The third-order valence-electron chi connectivity index (χ3n) is 3.31. The van der Waals surface area contributed by atoms with Gasteiger partial charge in [0.05, 0.1) is 30.8 Å². The number of hydrogen-bond acceptors (Lipinski definition) is 5. The number of carbonyl (C=O) groups is 1. The van der Waals surface area contributed by atoms with Crippen LogP contribution in [0.1, 0.15) is 13.8 Å². The third kappa shape index (κ3) is 4.65. The van der Waals surface area contributed by atoms with Crippen molar-refractivity contribution in [1.29, 1.82) is 5.26 Å². The standard InChI is InChI=1S/C15H22N4O2/c1-10(8-16)9-19(3)11(2)15(20)18-13-6-5-12(17)7-14(13)21-4/h5-7,10-11H,9,17H2,1-4H3,(H,18,20). The van der Waals surface area contributed by atoms with Gasteiger partial charge in [0.15, 0.2) is 0 Å². The summed E-state index contributed by atoms with van der Waals surface area (Å²) < 4.78 is 5.20. The van der Waals surface area contributed by atoms with Crippen molar-refractivity contribution >= 4 is 17.3 Å². The fraction of sp³-hybridized carbons (Fsp3) is 0.467. The van der Waals surface area contributed by atoms with Crippen molar-refractivity contribution < 1.29 is 9.53 Å². The third-order valence-corrected chi connectivity index (χ3v) is 3.31. The zero-order chi connectivity index (χ0) is 16.0. The van der Waals surface area contributed by atoms with Gasteiger partial charge in [-0.05, 0) is 33.0 Å². The number of nitrogens with two attached hydrogens (primary N) is 1. The maximum Gasteiger partial charge on any atom is 0.241 e. The molecule has 1 aromatic carbocycles. The van der Waals surface area contributed by atoms with Crippen LogP contribution in [0, 0.1) is 17.2 Å². The fourth-order valence-corrected chi connectivity index (χ4v) is 1.88. The highest BCUT2D eigenvalue weighted by molar-refractivity contribution is 5.96. The Balaban J connectivity index is 2.75. The Morgan fingerprint density at radius 2 is 2.19 bits per heavy atom. The summed E-state index contributed by atoms with van der Waals surface area (Å²) in [4.78, 5) is 14.1. The van der Waals surface area contributed by atoms with Crippen LogP contribution in [0.5, 0.6) is 5.75 Å². The normalized spacial score (nSPS) is 13.3. The zero-order valence-corrected chi connectivity index (χ0v) is 12.9. The molecule has 0 aliphatic heterocycles. The monoisotopic (exact) mass is 290 g/mol. The minimum absolute atomic E-state index is 0.128. The van der Waals surface area contributed by atoms with Gasteiger partial charge in [-0.15, -0.1) is 0 Å². The highest BCUT2D eigenvalue weighted by Crippen LogP contribution is 2.26. The van der Waals surface area contributed by atoms with Crippen LogP contribution >= 0.6 is 0 Å². The maximum atomic E-state index is 12.3. The minimum Gasteiger partial charge on any atom is -0.494 e. The summed E-state index contributed by atoms with van der Waals surface area (Å²) in [6.07, 6.45) is 0. The first-order valence-electron chi connectivity index (χ1n) is 6.73. The quantitative estimate of drug-likeness (QED) is 0.778. The van der Waals surface area contributed by atoms with Crippen molar-refractivity contribution in [2.45, 2.75) is 19.9 Å². The van der Waals surface area contributed by atoms with E-state index in [0.29, 0.717) is 23.7 Å². The topological polar surface area (TPSA) is 91.4 Å². The Labute approximate surface area is 125 Å². The number of nitrogen functional groups attached to an aromatic ring is 1. The second-order valence-corrected chi connectivity index (χ2v) is 5.09. The zero-order valence-electron chi connectivity index (χ0n) is 12.9. The van der Waals surface area contributed by atoms with Crippen molar-refractivity contribution in [2.24, 2.45) is 5.92 Å². The molecule has 0 heterocycles. The van der Waals surface area contributed by atoms with Crippen LogP contribution < -0.4 is 15.8 Å². The molecule has 1 rings (SSSR count). The number of nitriles is 1. The SMILES string of the molecule is COc1cc(N)ccc1NC(=O)C(C)N(C)CC(C)C#N. The number of carbonyl (C=O) groups excluding carboxylic acids is 1. The molecule has 114 valence electrons. The Morgan fingerprint density at radius 1 is 1.52 bits per heavy atom. The number of hydrogen-bond donors (Lipinski definition) is 2. The molecule has 2 unspecified atom stereocenters. The maximum absolute atomic E-state index is 12.3. The van der Waals surface area contributed by atoms with Gasteiger partial charge >= 0.3 is 0 Å². The molecule has 21 heavy (non-hydrogen) atoms. The van der Waals surface area contributed by atoms with Crippen LogP contribution in [0.4, 0.5) is 11.4 Å². The first kappa shape index (κ1) is 16.8. The van der Waals surface area contributed by atoms with E-state index in [1.54, 1.807) is 25.1 Å². The van der Waals surface area contributed by atoms with Gasteiger partial charge in [0.1, 0.15) is 5.75 Å². The van der Waals surface area contributed by atoms with E-state index in [0.717, 1.165) is 0 Å². The van der Waals surface area contributed by atoms with E-state index in [4.69, 9.17) is 15.7 Å². The van der Waals surface area contributed by atoms with Crippen LogP contribution in [0.25, 0.3) is 0 Å². The number of nitrogens with zero attached hydrogens (tertiary/aromatic N) is 2. The van der Waals surface area contributed by atoms with Crippen LogP contribution in [0.3, 0.4) is 0 Å². The van der Waals surface area contributed by atoms with Crippen LogP contribution in [0.15, 0.2) is 18.2 Å². The molecule has 0 spiro atoms. The molecular formula is C15H22N4O2. The molecule has 0 bridgehead atoms. The minimum atomic E-state index is -0.358. The average Bonchev–Trinajstić information content (AvgIpc) is 2.47. The molecule has 0 aromatic heterocycles. The number of rotatable bonds is 6. The number of ether oxygens (including phenoxy) is 1. The van der Waals surface area contributed by atoms with E-state index in [2.05, 4.69) is 11.4 Å². The summed E-state index contributed by atoms with van der Waals surface area (Å²) in [5.41, 5.74) is 6.82. The number of likely N-dealkylation sites (N-methyl/N-ethyl adjacent to an activating group) is 1. The molecular weight excluding hydrogens is 268 g/mol. The van der Waals surface area contributed by atoms with Crippen LogP contribution in [0.2, 0.25) is 0 Å². The molecule has 0 aliphatic rings. The van der Waals surface area contributed by atoms with E-state index in [9.17, 15) is 4.79 Å². The largest absolute Gasteiger partial charge is 0.494 e. The lowest BCUT2D eigenvalue weighted by atomic mass is 10.1. The van der Waals surface area contributed by atoms with E-state index in [1.165, 1.54) is 7.11 Å². The Hall–Kier alpha value is -2.26. The summed E-state index contributed by atoms with van der Waals surface area (Å²) >= 11 is 0. The first-order chi connectivity index (χ1) is 9.88. The van der Waals surface area contributed by atoms with Crippen molar-refractivity contribution in [1.82, 2.24) is 4.90 Å². The Bertz CT molecular complexity index is 539.